The average molecular weight is 435 g/mol. The Bertz CT molecular complexity index is 1080. The fourth-order valence-electron chi connectivity index (χ4n) is 3.98. The summed E-state index contributed by atoms with van der Waals surface area (Å²) in [5.74, 6) is -0.223. The average Bonchev–Trinajstić information content (AvgIpc) is 3.20. The molecule has 3 aromatic rings. The van der Waals surface area contributed by atoms with Crippen molar-refractivity contribution in [3.8, 4) is 0 Å². The Balaban J connectivity index is 1.36. The lowest BCUT2D eigenvalue weighted by Crippen LogP contribution is -2.37. The minimum Gasteiger partial charge on any atom is -0.378 e. The highest BCUT2D eigenvalue weighted by atomic mass is 19.4. The summed E-state index contributed by atoms with van der Waals surface area (Å²) in [4.78, 5) is 26.2. The molecule has 0 aliphatic carbocycles. The molecule has 2 N–H and O–H groups in total. The first kappa shape index (κ1) is 21.1. The molecule has 0 radical (unpaired) electrons. The predicted octanol–water partition coefficient (Wildman–Crippen LogP) is 4.40. The molecular weight excluding hydrogens is 414 g/mol. The molecule has 0 spiro atoms. The van der Waals surface area contributed by atoms with Gasteiger partial charge in [-0.2, -0.15) is 13.2 Å². The number of ketones is 1. The number of nitrogens with zero attached hydrogens (tertiary/aromatic N) is 3. The number of alkyl halides is 3. The van der Waals surface area contributed by atoms with Gasteiger partial charge in [0.2, 0.25) is 0 Å². The lowest BCUT2D eigenvalue weighted by Gasteiger charge is -2.33. The number of benzene rings is 1. The predicted molar refractivity (Wildman–Crippen MR) is 108 cm³/mol. The zero-order valence-corrected chi connectivity index (χ0v) is 16.5. The van der Waals surface area contributed by atoms with E-state index in [1.54, 1.807) is 6.20 Å². The molecule has 1 aliphatic rings. The number of fused-ring (bicyclic) bond motifs is 1. The number of H-pyrrole nitrogens is 1. The van der Waals surface area contributed by atoms with Gasteiger partial charge in [-0.15, -0.1) is 0 Å². The maximum absolute atomic E-state index is 13.5. The second-order valence-corrected chi connectivity index (χ2v) is 7.71. The Morgan fingerprint density at radius 3 is 2.90 bits per heavy atom. The van der Waals surface area contributed by atoms with E-state index < -0.39 is 17.6 Å². The van der Waals surface area contributed by atoms with E-state index in [0.29, 0.717) is 12.6 Å². The van der Waals surface area contributed by atoms with Crippen LogP contribution in [0.25, 0.3) is 11.0 Å². The molecule has 0 amide bonds. The summed E-state index contributed by atoms with van der Waals surface area (Å²) in [6.07, 6.45) is 0.714. The molecule has 10 heteroatoms. The van der Waals surface area contributed by atoms with Crippen molar-refractivity contribution in [1.29, 1.82) is 0 Å². The molecule has 1 aromatic carbocycles. The molecule has 31 heavy (non-hydrogen) atoms. The summed E-state index contributed by atoms with van der Waals surface area (Å²) in [6.45, 7) is 1.32. The van der Waals surface area contributed by atoms with Crippen molar-refractivity contribution in [3.05, 3.63) is 48.2 Å². The first-order valence-corrected chi connectivity index (χ1v) is 9.96. The van der Waals surface area contributed by atoms with Gasteiger partial charge in [-0.25, -0.2) is 14.4 Å². The molecule has 1 aliphatic heterocycles. The van der Waals surface area contributed by atoms with Crippen LogP contribution in [-0.4, -0.2) is 40.4 Å². The number of aromatic nitrogens is 3. The third-order valence-electron chi connectivity index (χ3n) is 5.38. The van der Waals surface area contributed by atoms with Crippen molar-refractivity contribution in [2.24, 2.45) is 5.92 Å². The minimum absolute atomic E-state index is 0.0678. The second kappa shape index (κ2) is 8.52. The molecule has 4 rings (SSSR count). The summed E-state index contributed by atoms with van der Waals surface area (Å²) in [5.41, 5.74) is -0.409. The van der Waals surface area contributed by atoms with Gasteiger partial charge in [0.05, 0.1) is 17.5 Å². The van der Waals surface area contributed by atoms with Crippen molar-refractivity contribution in [2.45, 2.75) is 25.4 Å². The first-order valence-electron chi connectivity index (χ1n) is 9.96. The number of nitrogens with one attached hydrogen (secondary N) is 2. The lowest BCUT2D eigenvalue weighted by molar-refractivity contribution is -0.137. The second-order valence-electron chi connectivity index (χ2n) is 7.71. The number of aromatic amines is 1. The van der Waals surface area contributed by atoms with Crippen molar-refractivity contribution in [3.63, 3.8) is 0 Å². The van der Waals surface area contributed by atoms with Crippen LogP contribution in [0, 0.1) is 11.7 Å². The molecule has 6 nitrogen and oxygen atoms in total. The maximum Gasteiger partial charge on any atom is 0.416 e. The van der Waals surface area contributed by atoms with Gasteiger partial charge in [0, 0.05) is 31.4 Å². The molecule has 1 fully saturated rings. The molecule has 0 bridgehead atoms. The number of carbonyl (C=O) groups excluding carboxylic acids is 1. The number of hydrogen-bond acceptors (Lipinski definition) is 5. The highest BCUT2D eigenvalue weighted by Crippen LogP contribution is 2.32. The zero-order valence-electron chi connectivity index (χ0n) is 16.5. The van der Waals surface area contributed by atoms with Crippen LogP contribution in [0.15, 0.2) is 36.8 Å². The van der Waals surface area contributed by atoms with Gasteiger partial charge in [0.1, 0.15) is 23.6 Å². The topological polar surface area (TPSA) is 73.9 Å². The Hall–Kier alpha value is -3.17. The number of anilines is 2. The van der Waals surface area contributed by atoms with E-state index in [1.807, 2.05) is 6.07 Å². The normalized spacial score (nSPS) is 17.2. The van der Waals surface area contributed by atoms with E-state index in [0.717, 1.165) is 48.4 Å². The Labute approximate surface area is 175 Å². The SMILES string of the molecule is O=C(CNc1cc(F)cc(C(F)(F)F)c1)C[C@@H]1CCCN(c2ncnc3[nH]ccc23)C1. The molecular formula is C21H21F4N5O. The fourth-order valence-corrected chi connectivity index (χ4v) is 3.98. The van der Waals surface area contributed by atoms with Gasteiger partial charge in [0.15, 0.2) is 5.78 Å². The van der Waals surface area contributed by atoms with E-state index in [-0.39, 0.29) is 30.4 Å². The molecule has 3 heterocycles. The van der Waals surface area contributed by atoms with Crippen LogP contribution in [0.1, 0.15) is 24.8 Å². The van der Waals surface area contributed by atoms with Crippen LogP contribution in [0.2, 0.25) is 0 Å². The summed E-state index contributed by atoms with van der Waals surface area (Å²) in [5, 5.41) is 3.54. The molecule has 0 saturated carbocycles. The highest BCUT2D eigenvalue weighted by Gasteiger charge is 2.31. The Kier molecular flexibility index (Phi) is 5.79. The zero-order chi connectivity index (χ0) is 22.0. The van der Waals surface area contributed by atoms with E-state index in [1.165, 1.54) is 6.33 Å². The summed E-state index contributed by atoms with van der Waals surface area (Å²) >= 11 is 0. The standard InChI is InChI=1S/C21H21F4N5O/c22-15-7-14(21(23,24)25)8-16(9-15)27-10-17(31)6-13-2-1-5-30(11-13)20-18-3-4-26-19(18)28-12-29-20/h3-4,7-9,12-13,27H,1-2,5-6,10-11H2,(H,26,28,29)/t13-/m0/s1. The third-order valence-corrected chi connectivity index (χ3v) is 5.38. The first-order chi connectivity index (χ1) is 14.8. The van der Waals surface area contributed by atoms with E-state index in [9.17, 15) is 22.4 Å². The summed E-state index contributed by atoms with van der Waals surface area (Å²) in [7, 11) is 0. The van der Waals surface area contributed by atoms with Crippen LogP contribution in [0.3, 0.4) is 0 Å². The molecule has 1 saturated heterocycles. The molecule has 0 unspecified atom stereocenters. The smallest absolute Gasteiger partial charge is 0.378 e. The molecule has 2 aromatic heterocycles. The largest absolute Gasteiger partial charge is 0.416 e. The van der Waals surface area contributed by atoms with Gasteiger partial charge in [-0.05, 0) is 43.0 Å². The van der Waals surface area contributed by atoms with Crippen LogP contribution >= 0.6 is 0 Å². The minimum atomic E-state index is -4.65. The van der Waals surface area contributed by atoms with Gasteiger partial charge in [-0.3, -0.25) is 4.79 Å². The Morgan fingerprint density at radius 1 is 1.26 bits per heavy atom. The van der Waals surface area contributed by atoms with Gasteiger partial charge in [0.25, 0.3) is 0 Å². The van der Waals surface area contributed by atoms with Crippen LogP contribution in [0.4, 0.5) is 29.1 Å². The number of halogens is 4. The van der Waals surface area contributed by atoms with Crippen molar-refractivity contribution in [1.82, 2.24) is 15.0 Å². The van der Waals surface area contributed by atoms with E-state index in [4.69, 9.17) is 0 Å². The van der Waals surface area contributed by atoms with Crippen molar-refractivity contribution < 1.29 is 22.4 Å². The van der Waals surface area contributed by atoms with Crippen LogP contribution < -0.4 is 10.2 Å². The van der Waals surface area contributed by atoms with Crippen molar-refractivity contribution in [2.75, 3.05) is 29.9 Å². The maximum atomic E-state index is 13.5. The van der Waals surface area contributed by atoms with Crippen molar-refractivity contribution >= 4 is 28.3 Å². The number of piperidine rings is 1. The highest BCUT2D eigenvalue weighted by molar-refractivity contribution is 5.87. The van der Waals surface area contributed by atoms with Gasteiger partial charge < -0.3 is 15.2 Å². The monoisotopic (exact) mass is 435 g/mol. The number of Topliss-reactive ketones (excluding diaryl/α,β-unsaturated/α-hetero) is 1. The summed E-state index contributed by atoms with van der Waals surface area (Å²) < 4.78 is 52.0. The fraction of sp³-hybridized carbons (Fsp3) is 0.381. The molecule has 164 valence electrons. The summed E-state index contributed by atoms with van der Waals surface area (Å²) in [6, 6.07) is 4.09. The number of rotatable bonds is 6. The lowest BCUT2D eigenvalue weighted by atomic mass is 9.92. The van der Waals surface area contributed by atoms with Gasteiger partial charge in [-0.1, -0.05) is 0 Å². The van der Waals surface area contributed by atoms with Crippen LogP contribution in [0.5, 0.6) is 0 Å². The number of carbonyl (C=O) groups is 1. The quantitative estimate of drug-likeness (QED) is 0.562. The van der Waals surface area contributed by atoms with Crippen LogP contribution in [-0.2, 0) is 11.0 Å². The van der Waals surface area contributed by atoms with E-state index in [2.05, 4.69) is 25.2 Å². The number of hydrogen-bond donors (Lipinski definition) is 2. The third kappa shape index (κ3) is 4.95. The van der Waals surface area contributed by atoms with E-state index >= 15 is 0 Å². The van der Waals surface area contributed by atoms with Gasteiger partial charge >= 0.3 is 6.18 Å². The molecule has 1 atom stereocenters. The Morgan fingerprint density at radius 2 is 2.10 bits per heavy atom.